The number of hydrogen-bond donors (Lipinski definition) is 0. The van der Waals surface area contributed by atoms with Crippen LogP contribution >= 0.6 is 0 Å². The van der Waals surface area contributed by atoms with Crippen molar-refractivity contribution in [2.24, 2.45) is 5.41 Å². The highest BCUT2D eigenvalue weighted by atomic mass is 16.2. The van der Waals surface area contributed by atoms with Gasteiger partial charge in [0, 0.05) is 18.5 Å². The van der Waals surface area contributed by atoms with Gasteiger partial charge in [0.1, 0.15) is 0 Å². The third-order valence-electron chi connectivity index (χ3n) is 5.71. The number of hydrazine groups is 1. The van der Waals surface area contributed by atoms with E-state index in [2.05, 4.69) is 25.3 Å². The van der Waals surface area contributed by atoms with E-state index in [1.807, 2.05) is 53.6 Å². The van der Waals surface area contributed by atoms with Crippen molar-refractivity contribution in [3.05, 3.63) is 120 Å². The third-order valence-corrected chi connectivity index (χ3v) is 5.71. The quantitative estimate of drug-likeness (QED) is 0.491. The highest BCUT2D eigenvalue weighted by Crippen LogP contribution is 2.33. The maximum absolute atomic E-state index is 13.1. The second kappa shape index (κ2) is 8.09. The molecule has 0 N–H and O–H groups in total. The number of nitrogens with zero attached hydrogens (tertiary/aromatic N) is 2. The van der Waals surface area contributed by atoms with Crippen LogP contribution < -0.4 is 0 Å². The van der Waals surface area contributed by atoms with E-state index in [1.54, 1.807) is 24.3 Å². The van der Waals surface area contributed by atoms with Crippen LogP contribution in [0.25, 0.3) is 0 Å². The van der Waals surface area contributed by atoms with E-state index < -0.39 is 0 Å². The van der Waals surface area contributed by atoms with Gasteiger partial charge in [0.25, 0.3) is 11.8 Å². The molecule has 2 amide bonds. The van der Waals surface area contributed by atoms with Crippen molar-refractivity contribution < 1.29 is 9.59 Å². The molecular formula is C26H24N2O2. The number of carbonyl (C=O) groups is 2. The van der Waals surface area contributed by atoms with Crippen LogP contribution in [0.3, 0.4) is 0 Å². The van der Waals surface area contributed by atoms with Gasteiger partial charge in [0.2, 0.25) is 0 Å². The Balaban J connectivity index is 1.63. The summed E-state index contributed by atoms with van der Waals surface area (Å²) in [6.45, 7) is 8.73. The Bertz CT molecular complexity index is 1020. The number of rotatable bonds is 7. The molecule has 1 aliphatic carbocycles. The average Bonchev–Trinajstić information content (AvgIpc) is 3.05. The average molecular weight is 396 g/mol. The summed E-state index contributed by atoms with van der Waals surface area (Å²) in [6, 6.07) is 16.8. The van der Waals surface area contributed by atoms with Gasteiger partial charge in [-0.15, -0.1) is 13.2 Å². The van der Waals surface area contributed by atoms with Gasteiger partial charge >= 0.3 is 0 Å². The van der Waals surface area contributed by atoms with E-state index >= 15 is 0 Å². The number of imide groups is 1. The standard InChI is InChI=1S/C26H24N2O2/c1-3-26(4-2)16-14-21(15-17-26)19-27(18-20-10-6-5-7-11-20)28-24(29)22-12-8-9-13-23(22)25(28)30/h3-16H,1-2,17-19H2. The highest BCUT2D eigenvalue weighted by Gasteiger charge is 2.39. The molecule has 150 valence electrons. The molecule has 1 heterocycles. The first-order valence-corrected chi connectivity index (χ1v) is 9.99. The van der Waals surface area contributed by atoms with E-state index in [1.165, 1.54) is 5.01 Å². The Labute approximate surface area is 177 Å². The molecule has 0 unspecified atom stereocenters. The minimum absolute atomic E-state index is 0.247. The first kappa shape index (κ1) is 19.8. The zero-order valence-electron chi connectivity index (χ0n) is 16.8. The summed E-state index contributed by atoms with van der Waals surface area (Å²) >= 11 is 0. The number of fused-ring (bicyclic) bond motifs is 1. The molecule has 2 aromatic carbocycles. The second-order valence-electron chi connectivity index (χ2n) is 7.61. The number of benzene rings is 2. The lowest BCUT2D eigenvalue weighted by Gasteiger charge is -2.32. The van der Waals surface area contributed by atoms with Crippen LogP contribution in [0.2, 0.25) is 0 Å². The van der Waals surface area contributed by atoms with Crippen LogP contribution in [0, 0.1) is 5.41 Å². The van der Waals surface area contributed by atoms with Gasteiger partial charge in [-0.2, -0.15) is 0 Å². The third kappa shape index (κ3) is 3.58. The molecule has 1 aliphatic heterocycles. The molecular weight excluding hydrogens is 372 g/mol. The maximum atomic E-state index is 13.1. The highest BCUT2D eigenvalue weighted by molar-refractivity contribution is 6.20. The molecule has 30 heavy (non-hydrogen) atoms. The lowest BCUT2D eigenvalue weighted by molar-refractivity contribution is 0.00206. The minimum atomic E-state index is -0.279. The topological polar surface area (TPSA) is 40.6 Å². The first-order chi connectivity index (χ1) is 14.6. The molecule has 4 heteroatoms. The lowest BCUT2D eigenvalue weighted by atomic mass is 9.80. The SMILES string of the molecule is C=CC1(C=C)C=CC(CN(Cc2ccccc2)N2C(=O)c3ccccc3C2=O)=CC1. The Morgan fingerprint density at radius 2 is 1.50 bits per heavy atom. The summed E-state index contributed by atoms with van der Waals surface area (Å²) < 4.78 is 0. The van der Waals surface area contributed by atoms with Crippen LogP contribution in [-0.2, 0) is 6.54 Å². The fourth-order valence-electron chi connectivity index (χ4n) is 3.85. The molecule has 0 saturated carbocycles. The molecule has 4 nitrogen and oxygen atoms in total. The van der Waals surface area contributed by atoms with E-state index in [0.29, 0.717) is 24.2 Å². The Kier molecular flexibility index (Phi) is 5.34. The van der Waals surface area contributed by atoms with Crippen molar-refractivity contribution in [3.8, 4) is 0 Å². The van der Waals surface area contributed by atoms with Crippen molar-refractivity contribution in [1.82, 2.24) is 10.0 Å². The van der Waals surface area contributed by atoms with Gasteiger partial charge < -0.3 is 0 Å². The lowest BCUT2D eigenvalue weighted by Crippen LogP contribution is -2.46. The van der Waals surface area contributed by atoms with Crippen LogP contribution in [0.5, 0.6) is 0 Å². The molecule has 0 radical (unpaired) electrons. The fourth-order valence-corrected chi connectivity index (χ4v) is 3.85. The van der Waals surface area contributed by atoms with Crippen molar-refractivity contribution in [1.29, 1.82) is 0 Å². The minimum Gasteiger partial charge on any atom is -0.267 e. The fraction of sp³-hybridized carbons (Fsp3) is 0.154. The summed E-state index contributed by atoms with van der Waals surface area (Å²) in [5, 5.41) is 3.11. The number of carbonyl (C=O) groups excluding carboxylic acids is 2. The molecule has 0 saturated heterocycles. The van der Waals surface area contributed by atoms with Gasteiger partial charge in [-0.05, 0) is 29.7 Å². The van der Waals surface area contributed by atoms with Crippen LogP contribution in [0.4, 0.5) is 0 Å². The van der Waals surface area contributed by atoms with E-state index in [9.17, 15) is 9.59 Å². The summed E-state index contributed by atoms with van der Waals surface area (Å²) in [5.41, 5.74) is 2.73. The summed E-state index contributed by atoms with van der Waals surface area (Å²) in [7, 11) is 0. The summed E-state index contributed by atoms with van der Waals surface area (Å²) in [4.78, 5) is 26.2. The zero-order valence-corrected chi connectivity index (χ0v) is 16.8. The number of allylic oxidation sites excluding steroid dienone is 4. The van der Waals surface area contributed by atoms with Crippen molar-refractivity contribution in [2.45, 2.75) is 13.0 Å². The molecule has 0 fully saturated rings. The van der Waals surface area contributed by atoms with E-state index in [-0.39, 0.29) is 17.2 Å². The van der Waals surface area contributed by atoms with Crippen molar-refractivity contribution >= 4 is 11.8 Å². The summed E-state index contributed by atoms with van der Waals surface area (Å²) in [6.07, 6.45) is 10.8. The molecule has 0 bridgehead atoms. The Hall–Kier alpha value is -3.50. The predicted octanol–water partition coefficient (Wildman–Crippen LogP) is 4.94. The van der Waals surface area contributed by atoms with E-state index in [4.69, 9.17) is 0 Å². The monoisotopic (exact) mass is 396 g/mol. The summed E-state index contributed by atoms with van der Waals surface area (Å²) in [5.74, 6) is -0.558. The molecule has 4 rings (SSSR count). The van der Waals surface area contributed by atoms with Crippen LogP contribution in [0.1, 0.15) is 32.7 Å². The van der Waals surface area contributed by atoms with Gasteiger partial charge in [0.15, 0.2) is 0 Å². The van der Waals surface area contributed by atoms with Gasteiger partial charge in [-0.3, -0.25) is 9.59 Å². The van der Waals surface area contributed by atoms with Crippen LogP contribution in [-0.4, -0.2) is 28.4 Å². The van der Waals surface area contributed by atoms with E-state index in [0.717, 1.165) is 17.6 Å². The molecule has 2 aliphatic rings. The maximum Gasteiger partial charge on any atom is 0.276 e. The van der Waals surface area contributed by atoms with Crippen LogP contribution in [0.15, 0.2) is 104 Å². The Morgan fingerprint density at radius 1 is 0.900 bits per heavy atom. The number of hydrogen-bond acceptors (Lipinski definition) is 3. The van der Waals surface area contributed by atoms with Gasteiger partial charge in [-0.1, -0.05) is 72.8 Å². The molecule has 0 aromatic heterocycles. The smallest absolute Gasteiger partial charge is 0.267 e. The predicted molar refractivity (Wildman–Crippen MR) is 118 cm³/mol. The van der Waals surface area contributed by atoms with Gasteiger partial charge in [-0.25, -0.2) is 10.0 Å². The largest absolute Gasteiger partial charge is 0.276 e. The number of amides is 2. The second-order valence-corrected chi connectivity index (χ2v) is 7.61. The zero-order chi connectivity index (χ0) is 21.1. The van der Waals surface area contributed by atoms with Crippen molar-refractivity contribution in [2.75, 3.05) is 6.54 Å². The normalized spacial score (nSPS) is 17.1. The van der Waals surface area contributed by atoms with Gasteiger partial charge in [0.05, 0.1) is 11.1 Å². The molecule has 0 atom stereocenters. The molecule has 2 aromatic rings. The van der Waals surface area contributed by atoms with Crippen molar-refractivity contribution in [3.63, 3.8) is 0 Å². The Morgan fingerprint density at radius 3 is 2.03 bits per heavy atom. The first-order valence-electron chi connectivity index (χ1n) is 9.99. The molecule has 0 spiro atoms.